The molecular weight excluding hydrogens is 305 g/mol. The Balaban J connectivity index is 1.82. The third-order valence-corrected chi connectivity index (χ3v) is 4.24. The van der Waals surface area contributed by atoms with Crippen molar-refractivity contribution in [2.24, 2.45) is 0 Å². The fourth-order valence-electron chi connectivity index (χ4n) is 3.10. The Bertz CT molecular complexity index is 1080. The van der Waals surface area contributed by atoms with Gasteiger partial charge in [0.2, 0.25) is 0 Å². The van der Waals surface area contributed by atoms with E-state index in [-0.39, 0.29) is 5.56 Å². The van der Waals surface area contributed by atoms with Crippen LogP contribution < -0.4 is 0 Å². The van der Waals surface area contributed by atoms with E-state index in [4.69, 9.17) is 0 Å². The lowest BCUT2D eigenvalue weighted by Gasteiger charge is -2.07. The summed E-state index contributed by atoms with van der Waals surface area (Å²) in [7, 11) is 0. The number of nitrogens with zero attached hydrogens (tertiary/aromatic N) is 1. The molecule has 1 aromatic heterocycles. The van der Waals surface area contributed by atoms with Crippen LogP contribution in [-0.2, 0) is 6.54 Å². The lowest BCUT2D eigenvalue weighted by atomic mass is 10.1. The Kier molecular flexibility index (Phi) is 3.31. The first kappa shape index (κ1) is 14.5. The Morgan fingerprint density at radius 3 is 2.58 bits per heavy atom. The van der Waals surface area contributed by atoms with Gasteiger partial charge in [0.25, 0.3) is 0 Å². The van der Waals surface area contributed by atoms with Crippen LogP contribution in [0.2, 0.25) is 0 Å². The SMILES string of the molecule is O=C(O)c1cn(Cc2ccc3ccccc3c2)c2ccc(F)cc12. The molecule has 3 nitrogen and oxygen atoms in total. The van der Waals surface area contributed by atoms with Gasteiger partial charge in [0.1, 0.15) is 5.82 Å². The van der Waals surface area contributed by atoms with Gasteiger partial charge in [0.05, 0.1) is 5.56 Å². The summed E-state index contributed by atoms with van der Waals surface area (Å²) in [5.41, 5.74) is 1.89. The number of aromatic nitrogens is 1. The van der Waals surface area contributed by atoms with Crippen LogP contribution >= 0.6 is 0 Å². The largest absolute Gasteiger partial charge is 0.478 e. The van der Waals surface area contributed by atoms with E-state index in [0.29, 0.717) is 17.4 Å². The van der Waals surface area contributed by atoms with Crippen LogP contribution in [0.15, 0.2) is 66.9 Å². The third-order valence-electron chi connectivity index (χ3n) is 4.24. The van der Waals surface area contributed by atoms with E-state index in [1.54, 1.807) is 12.3 Å². The molecule has 0 saturated carbocycles. The minimum Gasteiger partial charge on any atom is -0.478 e. The molecule has 1 N–H and O–H groups in total. The number of benzene rings is 3. The van der Waals surface area contributed by atoms with Gasteiger partial charge in [-0.05, 0) is 40.6 Å². The summed E-state index contributed by atoms with van der Waals surface area (Å²) in [6.07, 6.45) is 1.57. The number of rotatable bonds is 3. The van der Waals surface area contributed by atoms with Gasteiger partial charge in [-0.2, -0.15) is 0 Å². The number of carbonyl (C=O) groups is 1. The maximum atomic E-state index is 13.5. The summed E-state index contributed by atoms with van der Waals surface area (Å²) < 4.78 is 15.3. The minimum absolute atomic E-state index is 0.116. The number of aromatic carboxylic acids is 1. The number of fused-ring (bicyclic) bond motifs is 2. The van der Waals surface area contributed by atoms with Crippen molar-refractivity contribution in [2.75, 3.05) is 0 Å². The Hall–Kier alpha value is -3.14. The number of hydrogen-bond donors (Lipinski definition) is 1. The third kappa shape index (κ3) is 2.42. The highest BCUT2D eigenvalue weighted by Crippen LogP contribution is 2.24. The zero-order valence-corrected chi connectivity index (χ0v) is 12.7. The first-order valence-electron chi connectivity index (χ1n) is 7.61. The van der Waals surface area contributed by atoms with Crippen LogP contribution in [0.1, 0.15) is 15.9 Å². The molecule has 0 bridgehead atoms. The second kappa shape index (κ2) is 5.49. The van der Waals surface area contributed by atoms with Crippen molar-refractivity contribution in [1.82, 2.24) is 4.57 Å². The number of carboxylic acids is 1. The first-order chi connectivity index (χ1) is 11.6. The standard InChI is InChI=1S/C20H14FNO2/c21-16-7-8-19-17(10-16)18(20(23)24)12-22(19)11-13-5-6-14-3-1-2-4-15(14)9-13/h1-10,12H,11H2,(H,23,24). The monoisotopic (exact) mass is 319 g/mol. The smallest absolute Gasteiger partial charge is 0.337 e. The summed E-state index contributed by atoms with van der Waals surface area (Å²) in [5.74, 6) is -1.49. The average Bonchev–Trinajstić information content (AvgIpc) is 2.92. The number of hydrogen-bond acceptors (Lipinski definition) is 1. The summed E-state index contributed by atoms with van der Waals surface area (Å²) in [5, 5.41) is 12.1. The van der Waals surface area contributed by atoms with Crippen molar-refractivity contribution in [3.63, 3.8) is 0 Å². The van der Waals surface area contributed by atoms with E-state index in [0.717, 1.165) is 16.3 Å². The zero-order chi connectivity index (χ0) is 16.7. The van der Waals surface area contributed by atoms with Gasteiger partial charge in [0.15, 0.2) is 0 Å². The van der Waals surface area contributed by atoms with Crippen molar-refractivity contribution < 1.29 is 14.3 Å². The Morgan fingerprint density at radius 2 is 1.79 bits per heavy atom. The van der Waals surface area contributed by atoms with Crippen molar-refractivity contribution in [1.29, 1.82) is 0 Å². The molecule has 0 spiro atoms. The molecule has 0 radical (unpaired) electrons. The molecule has 0 saturated heterocycles. The molecule has 0 atom stereocenters. The molecule has 4 rings (SSSR count). The molecule has 1 heterocycles. The van der Waals surface area contributed by atoms with Crippen LogP contribution in [0.25, 0.3) is 21.7 Å². The summed E-state index contributed by atoms with van der Waals surface area (Å²) >= 11 is 0. The number of carboxylic acid groups (broad SMARTS) is 1. The molecule has 24 heavy (non-hydrogen) atoms. The molecule has 0 unspecified atom stereocenters. The molecule has 0 aliphatic heterocycles. The summed E-state index contributed by atoms with van der Waals surface area (Å²) in [6, 6.07) is 18.5. The predicted molar refractivity (Wildman–Crippen MR) is 91.9 cm³/mol. The topological polar surface area (TPSA) is 42.2 Å². The van der Waals surface area contributed by atoms with Crippen LogP contribution in [0, 0.1) is 5.82 Å². The fraction of sp³-hybridized carbons (Fsp3) is 0.0500. The molecule has 3 aromatic carbocycles. The van der Waals surface area contributed by atoms with Crippen molar-refractivity contribution in [2.45, 2.75) is 6.54 Å². The van der Waals surface area contributed by atoms with E-state index >= 15 is 0 Å². The first-order valence-corrected chi connectivity index (χ1v) is 7.61. The molecular formula is C20H14FNO2. The van der Waals surface area contributed by atoms with Crippen molar-refractivity contribution >= 4 is 27.6 Å². The Labute approximate surface area is 137 Å². The second-order valence-electron chi connectivity index (χ2n) is 5.82. The van der Waals surface area contributed by atoms with E-state index in [9.17, 15) is 14.3 Å². The minimum atomic E-state index is -1.05. The normalized spacial score (nSPS) is 11.2. The lowest BCUT2D eigenvalue weighted by Crippen LogP contribution is -1.99. The summed E-state index contributed by atoms with van der Waals surface area (Å²) in [6.45, 7) is 0.528. The maximum Gasteiger partial charge on any atom is 0.337 e. The number of halogens is 1. The maximum absolute atomic E-state index is 13.5. The van der Waals surface area contributed by atoms with Gasteiger partial charge in [-0.3, -0.25) is 0 Å². The highest BCUT2D eigenvalue weighted by Gasteiger charge is 2.15. The van der Waals surface area contributed by atoms with Crippen LogP contribution in [0.5, 0.6) is 0 Å². The van der Waals surface area contributed by atoms with E-state index in [1.807, 2.05) is 34.9 Å². The molecule has 0 aliphatic rings. The molecule has 0 aliphatic carbocycles. The molecule has 4 aromatic rings. The van der Waals surface area contributed by atoms with Gasteiger partial charge in [0, 0.05) is 23.6 Å². The van der Waals surface area contributed by atoms with Gasteiger partial charge < -0.3 is 9.67 Å². The van der Waals surface area contributed by atoms with E-state index < -0.39 is 11.8 Å². The van der Waals surface area contributed by atoms with Gasteiger partial charge >= 0.3 is 5.97 Å². The highest BCUT2D eigenvalue weighted by atomic mass is 19.1. The molecule has 4 heteroatoms. The van der Waals surface area contributed by atoms with Crippen molar-refractivity contribution in [3.05, 3.63) is 83.8 Å². The quantitative estimate of drug-likeness (QED) is 0.596. The van der Waals surface area contributed by atoms with Gasteiger partial charge in [-0.15, -0.1) is 0 Å². The van der Waals surface area contributed by atoms with E-state index in [2.05, 4.69) is 12.1 Å². The fourth-order valence-corrected chi connectivity index (χ4v) is 3.10. The zero-order valence-electron chi connectivity index (χ0n) is 12.7. The molecule has 0 fully saturated rings. The van der Waals surface area contributed by atoms with Crippen LogP contribution in [0.4, 0.5) is 4.39 Å². The molecule has 118 valence electrons. The van der Waals surface area contributed by atoms with Crippen LogP contribution in [-0.4, -0.2) is 15.6 Å². The Morgan fingerprint density at radius 1 is 1.00 bits per heavy atom. The van der Waals surface area contributed by atoms with Gasteiger partial charge in [-0.25, -0.2) is 9.18 Å². The summed E-state index contributed by atoms with van der Waals surface area (Å²) in [4.78, 5) is 11.4. The van der Waals surface area contributed by atoms with Gasteiger partial charge in [-0.1, -0.05) is 36.4 Å². The average molecular weight is 319 g/mol. The van der Waals surface area contributed by atoms with E-state index in [1.165, 1.54) is 12.1 Å². The van der Waals surface area contributed by atoms with Crippen molar-refractivity contribution in [3.8, 4) is 0 Å². The van der Waals surface area contributed by atoms with Crippen LogP contribution in [0.3, 0.4) is 0 Å². The second-order valence-corrected chi connectivity index (χ2v) is 5.82. The highest BCUT2D eigenvalue weighted by molar-refractivity contribution is 6.03. The molecule has 0 amide bonds. The lowest BCUT2D eigenvalue weighted by molar-refractivity contribution is 0.0699. The predicted octanol–water partition coefficient (Wildman–Crippen LogP) is 4.68.